The minimum absolute atomic E-state index is 0.00260. The summed E-state index contributed by atoms with van der Waals surface area (Å²) in [4.78, 5) is 12.6. The van der Waals surface area contributed by atoms with Crippen molar-refractivity contribution in [3.05, 3.63) is 70.0 Å². The average molecular weight is 524 g/mol. The average Bonchev–Trinajstić information content (AvgIpc) is 3.59. The van der Waals surface area contributed by atoms with Crippen LogP contribution in [0.2, 0.25) is 5.02 Å². The molecule has 1 saturated heterocycles. The summed E-state index contributed by atoms with van der Waals surface area (Å²) in [6.07, 6.45) is 2.35. The summed E-state index contributed by atoms with van der Waals surface area (Å²) >= 11 is 6.89. The first kappa shape index (κ1) is 23.9. The molecule has 0 bridgehead atoms. The zero-order chi connectivity index (χ0) is 25.7. The summed E-state index contributed by atoms with van der Waals surface area (Å²) in [5, 5.41) is 6.85. The van der Waals surface area contributed by atoms with Gasteiger partial charge in [0.05, 0.1) is 29.4 Å². The van der Waals surface area contributed by atoms with Crippen LogP contribution in [-0.4, -0.2) is 38.8 Å². The van der Waals surface area contributed by atoms with Gasteiger partial charge < -0.3 is 30.6 Å². The molecule has 2 atom stereocenters. The molecule has 1 fully saturated rings. The molecule has 0 aliphatic carbocycles. The highest BCUT2D eigenvalue weighted by Gasteiger charge is 2.50. The lowest BCUT2D eigenvalue weighted by Crippen LogP contribution is -2.48. The Morgan fingerprint density at radius 1 is 1.22 bits per heavy atom. The standard InChI is InChI=1S/C28H27ClFN3O4/c1-35-20-13-19-17(14-28(37-19,21-8-5-9-33-21)15-6-3-2-4-7-15)22(24(20)29)23-16(27(31)34)12-18-26(25(23)30)36-11-10-32-18/h2-4,6-7,12-13,21,32-33H,5,8-11,14H2,1H3,(H2,31,34)/t21-,28-/m0/s1. The van der Waals surface area contributed by atoms with Crippen molar-refractivity contribution in [2.45, 2.75) is 30.9 Å². The summed E-state index contributed by atoms with van der Waals surface area (Å²) in [5.74, 6) is -0.607. The first-order valence-corrected chi connectivity index (χ1v) is 12.7. The number of nitrogens with two attached hydrogens (primary N) is 1. The van der Waals surface area contributed by atoms with Gasteiger partial charge >= 0.3 is 0 Å². The Morgan fingerprint density at radius 2 is 2.03 bits per heavy atom. The molecule has 0 aromatic heterocycles. The van der Waals surface area contributed by atoms with E-state index in [0.717, 1.165) is 24.9 Å². The van der Waals surface area contributed by atoms with Gasteiger partial charge in [-0.25, -0.2) is 4.39 Å². The molecule has 3 aromatic carbocycles. The van der Waals surface area contributed by atoms with Crippen molar-refractivity contribution in [1.82, 2.24) is 5.32 Å². The monoisotopic (exact) mass is 523 g/mol. The van der Waals surface area contributed by atoms with Gasteiger partial charge in [-0.2, -0.15) is 0 Å². The van der Waals surface area contributed by atoms with Crippen LogP contribution in [0.3, 0.4) is 0 Å². The molecular formula is C28H27ClFN3O4. The molecule has 3 aliphatic rings. The van der Waals surface area contributed by atoms with Crippen LogP contribution in [0.1, 0.15) is 34.3 Å². The van der Waals surface area contributed by atoms with E-state index in [4.69, 9.17) is 31.5 Å². The van der Waals surface area contributed by atoms with Gasteiger partial charge in [0, 0.05) is 35.7 Å². The third kappa shape index (κ3) is 3.69. The molecule has 3 aromatic rings. The maximum atomic E-state index is 16.2. The lowest BCUT2D eigenvalue weighted by molar-refractivity contribution is 0.0539. The quantitative estimate of drug-likeness (QED) is 0.451. The summed E-state index contributed by atoms with van der Waals surface area (Å²) < 4.78 is 34.3. The Labute approximate surface area is 219 Å². The van der Waals surface area contributed by atoms with Gasteiger partial charge in [0.15, 0.2) is 17.2 Å². The molecule has 37 heavy (non-hydrogen) atoms. The molecular weight excluding hydrogens is 497 g/mol. The van der Waals surface area contributed by atoms with Gasteiger partial charge in [-0.05, 0) is 31.0 Å². The largest absolute Gasteiger partial charge is 0.495 e. The Bertz CT molecular complexity index is 1390. The number of fused-ring (bicyclic) bond motifs is 2. The van der Waals surface area contributed by atoms with Crippen LogP contribution in [0.15, 0.2) is 42.5 Å². The minimum Gasteiger partial charge on any atom is -0.495 e. The summed E-state index contributed by atoms with van der Waals surface area (Å²) in [6, 6.07) is 13.3. The molecule has 4 N–H and O–H groups in total. The molecule has 192 valence electrons. The summed E-state index contributed by atoms with van der Waals surface area (Å²) in [6.45, 7) is 1.66. The van der Waals surface area contributed by atoms with E-state index in [1.165, 1.54) is 13.2 Å². The number of carbonyl (C=O) groups excluding carboxylic acids is 1. The molecule has 0 saturated carbocycles. The van der Waals surface area contributed by atoms with Crippen LogP contribution in [0.4, 0.5) is 10.1 Å². The molecule has 7 nitrogen and oxygen atoms in total. The topological polar surface area (TPSA) is 94.8 Å². The van der Waals surface area contributed by atoms with E-state index in [9.17, 15) is 4.79 Å². The fraction of sp³-hybridized carbons (Fsp3) is 0.321. The molecule has 0 spiro atoms. The smallest absolute Gasteiger partial charge is 0.249 e. The van der Waals surface area contributed by atoms with Crippen molar-refractivity contribution >= 4 is 23.2 Å². The van der Waals surface area contributed by atoms with Gasteiger partial charge in [0.2, 0.25) is 5.91 Å². The molecule has 3 aliphatic heterocycles. The van der Waals surface area contributed by atoms with Gasteiger partial charge in [0.25, 0.3) is 0 Å². The normalized spacial score (nSPS) is 21.9. The van der Waals surface area contributed by atoms with E-state index >= 15 is 4.39 Å². The van der Waals surface area contributed by atoms with Crippen molar-refractivity contribution < 1.29 is 23.4 Å². The fourth-order valence-electron chi connectivity index (χ4n) is 5.86. The minimum atomic E-state index is -0.776. The highest BCUT2D eigenvalue weighted by atomic mass is 35.5. The molecule has 0 unspecified atom stereocenters. The summed E-state index contributed by atoms with van der Waals surface area (Å²) in [7, 11) is 1.49. The van der Waals surface area contributed by atoms with Gasteiger partial charge in [-0.3, -0.25) is 4.79 Å². The Morgan fingerprint density at radius 3 is 2.73 bits per heavy atom. The number of hydrogen-bond donors (Lipinski definition) is 3. The maximum Gasteiger partial charge on any atom is 0.249 e. The van der Waals surface area contributed by atoms with Crippen molar-refractivity contribution in [3.8, 4) is 28.4 Å². The lowest BCUT2D eigenvalue weighted by Gasteiger charge is -2.35. The van der Waals surface area contributed by atoms with Crippen LogP contribution in [0, 0.1) is 5.82 Å². The number of amides is 1. The first-order valence-electron chi connectivity index (χ1n) is 12.3. The van der Waals surface area contributed by atoms with E-state index in [2.05, 4.69) is 10.6 Å². The number of ether oxygens (including phenoxy) is 3. The first-order chi connectivity index (χ1) is 17.9. The van der Waals surface area contributed by atoms with Gasteiger partial charge in [-0.15, -0.1) is 0 Å². The van der Waals surface area contributed by atoms with Crippen LogP contribution < -0.4 is 30.6 Å². The molecule has 9 heteroatoms. The van der Waals surface area contributed by atoms with Crippen LogP contribution >= 0.6 is 11.6 Å². The number of carbonyl (C=O) groups is 1. The van der Waals surface area contributed by atoms with Crippen molar-refractivity contribution in [3.63, 3.8) is 0 Å². The van der Waals surface area contributed by atoms with Crippen molar-refractivity contribution in [1.29, 1.82) is 0 Å². The number of hydrogen-bond acceptors (Lipinski definition) is 6. The second-order valence-corrected chi connectivity index (χ2v) is 9.94. The number of benzene rings is 3. The number of methoxy groups -OCH3 is 1. The van der Waals surface area contributed by atoms with E-state index in [1.54, 1.807) is 6.07 Å². The fourth-order valence-corrected chi connectivity index (χ4v) is 6.20. The second-order valence-electron chi connectivity index (χ2n) is 9.56. The van der Waals surface area contributed by atoms with Crippen molar-refractivity contribution in [2.24, 2.45) is 5.73 Å². The van der Waals surface area contributed by atoms with Gasteiger partial charge in [0.1, 0.15) is 18.1 Å². The lowest BCUT2D eigenvalue weighted by atomic mass is 9.80. The highest BCUT2D eigenvalue weighted by Crippen LogP contribution is 2.55. The van der Waals surface area contributed by atoms with Crippen LogP contribution in [0.25, 0.3) is 11.1 Å². The van der Waals surface area contributed by atoms with E-state index in [-0.39, 0.29) is 34.5 Å². The zero-order valence-electron chi connectivity index (χ0n) is 20.3. The van der Waals surface area contributed by atoms with Crippen LogP contribution in [0.5, 0.6) is 17.2 Å². The third-order valence-corrected chi connectivity index (χ3v) is 7.91. The number of halogens is 2. The molecule has 0 radical (unpaired) electrons. The van der Waals surface area contributed by atoms with E-state index < -0.39 is 17.3 Å². The predicted molar refractivity (Wildman–Crippen MR) is 139 cm³/mol. The molecule has 3 heterocycles. The number of rotatable bonds is 5. The number of primary amides is 1. The number of anilines is 1. The highest BCUT2D eigenvalue weighted by molar-refractivity contribution is 6.35. The second kappa shape index (κ2) is 9.11. The molecule has 1 amide bonds. The summed E-state index contributed by atoms with van der Waals surface area (Å²) in [5.41, 5.74) is 7.41. The van der Waals surface area contributed by atoms with Crippen LogP contribution in [-0.2, 0) is 12.0 Å². The number of nitrogens with one attached hydrogen (secondary N) is 2. The Balaban J connectivity index is 1.62. The van der Waals surface area contributed by atoms with Gasteiger partial charge in [-0.1, -0.05) is 41.9 Å². The maximum absolute atomic E-state index is 16.2. The van der Waals surface area contributed by atoms with Crippen molar-refractivity contribution in [2.75, 3.05) is 32.1 Å². The zero-order valence-corrected chi connectivity index (χ0v) is 21.1. The third-order valence-electron chi connectivity index (χ3n) is 7.54. The SMILES string of the molecule is COc1cc2c(c(-c3c(C(N)=O)cc4c(c3F)OCCN4)c1Cl)C[C@](c1ccccc1)([C@@H]1CCCN1)O2. The van der Waals surface area contributed by atoms with E-state index in [1.807, 2.05) is 30.3 Å². The Kier molecular flexibility index (Phi) is 5.88. The van der Waals surface area contributed by atoms with E-state index in [0.29, 0.717) is 41.3 Å². The Hall–Kier alpha value is -3.49. The molecule has 6 rings (SSSR count). The predicted octanol–water partition coefficient (Wildman–Crippen LogP) is 4.64.